The second kappa shape index (κ2) is 13.9. The molecule has 10 nitrogen and oxygen atoms in total. The molecule has 0 spiro atoms. The first-order valence-corrected chi connectivity index (χ1v) is 15.6. The number of carbonyl (C=O) groups excluding carboxylic acids is 1. The molecule has 1 aliphatic heterocycles. The number of ether oxygens (including phenoxy) is 4. The molecule has 0 radical (unpaired) electrons. The topological polar surface area (TPSA) is 124 Å². The van der Waals surface area contributed by atoms with Crippen LogP contribution in [0.2, 0.25) is 0 Å². The van der Waals surface area contributed by atoms with Crippen LogP contribution < -0.4 is 14.8 Å². The number of aliphatic hydroxyl groups excluding tert-OH is 1. The van der Waals surface area contributed by atoms with E-state index < -0.39 is 28.3 Å². The second-order valence-corrected chi connectivity index (χ2v) is 13.2. The van der Waals surface area contributed by atoms with Gasteiger partial charge in [-0.05, 0) is 36.7 Å². The first kappa shape index (κ1) is 31.1. The molecule has 1 saturated heterocycles. The van der Waals surface area contributed by atoms with E-state index in [4.69, 9.17) is 18.9 Å². The number of amides is 1. The predicted octanol–water partition coefficient (Wildman–Crippen LogP) is 3.62. The van der Waals surface area contributed by atoms with Crippen molar-refractivity contribution < 1.29 is 37.3 Å². The number of sulfonamides is 1. The Morgan fingerprint density at radius 1 is 1.07 bits per heavy atom. The lowest BCUT2D eigenvalue weighted by molar-refractivity contribution is 0.0554. The molecule has 2 unspecified atom stereocenters. The van der Waals surface area contributed by atoms with Crippen LogP contribution in [0.3, 0.4) is 0 Å². The van der Waals surface area contributed by atoms with Gasteiger partial charge in [-0.1, -0.05) is 44.2 Å². The molecular weight excluding hydrogens is 548 g/mol. The molecule has 226 valence electrons. The van der Waals surface area contributed by atoms with Crippen molar-refractivity contribution in [2.45, 2.75) is 68.8 Å². The molecule has 2 N–H and O–H groups in total. The van der Waals surface area contributed by atoms with Gasteiger partial charge in [0.2, 0.25) is 10.0 Å². The minimum Gasteiger partial charge on any atom is -0.497 e. The molecule has 4 rings (SSSR count). The van der Waals surface area contributed by atoms with Crippen molar-refractivity contribution in [1.82, 2.24) is 9.62 Å². The normalized spacial score (nSPS) is 21.9. The Balaban J connectivity index is 1.53. The minimum absolute atomic E-state index is 0.0115. The maximum absolute atomic E-state index is 13.8. The van der Waals surface area contributed by atoms with E-state index in [2.05, 4.69) is 5.32 Å². The van der Waals surface area contributed by atoms with Crippen molar-refractivity contribution in [2.24, 2.45) is 11.8 Å². The van der Waals surface area contributed by atoms with Crippen molar-refractivity contribution in [1.29, 1.82) is 0 Å². The molecular formula is C30H42N2O8S. The van der Waals surface area contributed by atoms with Gasteiger partial charge in [0.15, 0.2) is 0 Å². The summed E-state index contributed by atoms with van der Waals surface area (Å²) in [6, 6.07) is 13.1. The summed E-state index contributed by atoms with van der Waals surface area (Å²) in [5, 5.41) is 14.3. The largest absolute Gasteiger partial charge is 0.497 e. The highest BCUT2D eigenvalue weighted by Gasteiger charge is 2.40. The molecule has 41 heavy (non-hydrogen) atoms. The van der Waals surface area contributed by atoms with Crippen molar-refractivity contribution in [3.8, 4) is 11.5 Å². The van der Waals surface area contributed by atoms with Crippen LogP contribution in [0.1, 0.15) is 38.7 Å². The Morgan fingerprint density at radius 3 is 2.37 bits per heavy atom. The highest BCUT2D eigenvalue weighted by atomic mass is 32.2. The fraction of sp³-hybridized carbons (Fsp3) is 0.567. The number of nitrogens with zero attached hydrogens (tertiary/aromatic N) is 1. The molecule has 5 atom stereocenters. The van der Waals surface area contributed by atoms with E-state index in [0.29, 0.717) is 30.3 Å². The maximum Gasteiger partial charge on any atom is 0.407 e. The van der Waals surface area contributed by atoms with Crippen LogP contribution >= 0.6 is 0 Å². The van der Waals surface area contributed by atoms with Crippen molar-refractivity contribution in [2.75, 3.05) is 33.9 Å². The Hall–Kier alpha value is -2.86. The summed E-state index contributed by atoms with van der Waals surface area (Å²) in [6.07, 6.45) is 0.701. The van der Waals surface area contributed by atoms with E-state index in [-0.39, 0.29) is 36.1 Å². The van der Waals surface area contributed by atoms with E-state index in [1.807, 2.05) is 44.2 Å². The van der Waals surface area contributed by atoms with Crippen LogP contribution in [-0.4, -0.2) is 82.2 Å². The van der Waals surface area contributed by atoms with E-state index in [1.54, 1.807) is 6.07 Å². The number of hydrogen-bond donors (Lipinski definition) is 2. The summed E-state index contributed by atoms with van der Waals surface area (Å²) in [4.78, 5) is 13.0. The van der Waals surface area contributed by atoms with Gasteiger partial charge < -0.3 is 29.4 Å². The standard InChI is InChI=1S/C30H42N2O8S/c1-20(2)18-32(41(35,36)26-15-23(37-3)14-24(16-26)38-4)19-28(33)27(12-21-8-6-5-7-9-21)31-30(34)40-25-13-22-10-11-39-29(22)17-25/h5-9,14-16,20,22,25,27-29,33H,10-13,17-19H2,1-4H3,(H,31,34)/t22?,25-,27+,28-,29?/m1/s1. The third kappa shape index (κ3) is 8.12. The molecule has 11 heteroatoms. The van der Waals surface area contributed by atoms with Crippen molar-refractivity contribution >= 4 is 16.1 Å². The van der Waals surface area contributed by atoms with Gasteiger partial charge in [-0.15, -0.1) is 0 Å². The highest BCUT2D eigenvalue weighted by molar-refractivity contribution is 7.89. The summed E-state index contributed by atoms with van der Waals surface area (Å²) in [7, 11) is -1.16. The van der Waals surface area contributed by atoms with Crippen LogP contribution in [0.4, 0.5) is 4.79 Å². The van der Waals surface area contributed by atoms with Gasteiger partial charge in [0.25, 0.3) is 0 Å². The maximum atomic E-state index is 13.8. The molecule has 0 bridgehead atoms. The predicted molar refractivity (Wildman–Crippen MR) is 154 cm³/mol. The zero-order valence-electron chi connectivity index (χ0n) is 24.2. The first-order chi connectivity index (χ1) is 19.6. The summed E-state index contributed by atoms with van der Waals surface area (Å²) < 4.78 is 51.0. The number of rotatable bonds is 13. The monoisotopic (exact) mass is 590 g/mol. The average Bonchev–Trinajstić information content (AvgIpc) is 3.54. The molecule has 2 aromatic rings. The minimum atomic E-state index is -4.06. The molecule has 1 amide bonds. The van der Waals surface area contributed by atoms with Crippen LogP contribution in [-0.2, 0) is 25.9 Å². The SMILES string of the molecule is COc1cc(OC)cc(S(=O)(=O)N(CC(C)C)C[C@@H](O)[C@H](Cc2ccccc2)NC(=O)O[C@@H]2CC3CCOC3C2)c1. The summed E-state index contributed by atoms with van der Waals surface area (Å²) >= 11 is 0. The average molecular weight is 591 g/mol. The fourth-order valence-corrected chi connectivity index (χ4v) is 7.27. The lowest BCUT2D eigenvalue weighted by Crippen LogP contribution is -2.51. The van der Waals surface area contributed by atoms with Gasteiger partial charge in [-0.2, -0.15) is 4.31 Å². The molecule has 1 saturated carbocycles. The number of nitrogens with one attached hydrogen (secondary N) is 1. The lowest BCUT2D eigenvalue weighted by Gasteiger charge is -2.31. The van der Waals surface area contributed by atoms with E-state index in [0.717, 1.165) is 25.0 Å². The zero-order valence-corrected chi connectivity index (χ0v) is 25.0. The van der Waals surface area contributed by atoms with Crippen LogP contribution in [0, 0.1) is 11.8 Å². The molecule has 1 aliphatic carbocycles. The number of benzene rings is 2. The number of fused-ring (bicyclic) bond motifs is 1. The number of alkyl carbamates (subject to hydrolysis) is 1. The third-order valence-corrected chi connectivity index (χ3v) is 9.48. The van der Waals surface area contributed by atoms with Gasteiger partial charge in [-0.3, -0.25) is 0 Å². The van der Waals surface area contributed by atoms with Gasteiger partial charge in [0.1, 0.15) is 17.6 Å². The quantitative estimate of drug-likeness (QED) is 0.363. The van der Waals surface area contributed by atoms with Crippen LogP contribution in [0.25, 0.3) is 0 Å². The molecule has 1 heterocycles. The summed E-state index contributed by atoms with van der Waals surface area (Å²) in [5.41, 5.74) is 0.886. The summed E-state index contributed by atoms with van der Waals surface area (Å²) in [5.74, 6) is 1.05. The Labute approximate surface area is 243 Å². The fourth-order valence-electron chi connectivity index (χ4n) is 5.59. The molecule has 0 aromatic heterocycles. The number of aliphatic hydroxyl groups is 1. The van der Waals surface area contributed by atoms with Gasteiger partial charge in [-0.25, -0.2) is 13.2 Å². The molecule has 2 aromatic carbocycles. The second-order valence-electron chi connectivity index (χ2n) is 11.2. The molecule has 2 fully saturated rings. The Bertz CT molecular complexity index is 1220. The van der Waals surface area contributed by atoms with E-state index in [1.165, 1.54) is 30.7 Å². The van der Waals surface area contributed by atoms with E-state index >= 15 is 0 Å². The van der Waals surface area contributed by atoms with Crippen LogP contribution in [0.15, 0.2) is 53.4 Å². The highest BCUT2D eigenvalue weighted by Crippen LogP contribution is 2.37. The summed E-state index contributed by atoms with van der Waals surface area (Å²) in [6.45, 7) is 4.47. The first-order valence-electron chi connectivity index (χ1n) is 14.1. The number of hydrogen-bond acceptors (Lipinski definition) is 8. The van der Waals surface area contributed by atoms with Gasteiger partial charge >= 0.3 is 6.09 Å². The number of methoxy groups -OCH3 is 2. The Morgan fingerprint density at radius 2 is 1.76 bits per heavy atom. The van der Waals surface area contributed by atoms with E-state index in [9.17, 15) is 18.3 Å². The smallest absolute Gasteiger partial charge is 0.407 e. The van der Waals surface area contributed by atoms with Crippen molar-refractivity contribution in [3.05, 3.63) is 54.1 Å². The van der Waals surface area contributed by atoms with Crippen molar-refractivity contribution in [3.63, 3.8) is 0 Å². The Kier molecular flexibility index (Phi) is 10.5. The van der Waals surface area contributed by atoms with Gasteiger partial charge in [0.05, 0.1) is 37.4 Å². The third-order valence-electron chi connectivity index (χ3n) is 7.67. The van der Waals surface area contributed by atoms with Crippen LogP contribution in [0.5, 0.6) is 11.5 Å². The lowest BCUT2D eigenvalue weighted by atomic mass is 10.0. The number of carbonyl (C=O) groups is 1. The zero-order chi connectivity index (χ0) is 29.6. The molecule has 2 aliphatic rings. The van der Waals surface area contributed by atoms with Gasteiger partial charge in [0, 0.05) is 44.3 Å².